The summed E-state index contributed by atoms with van der Waals surface area (Å²) in [6.07, 6.45) is 0. The molecule has 3 rings (SSSR count). The minimum absolute atomic E-state index is 0.0185. The molecule has 0 atom stereocenters. The van der Waals surface area contributed by atoms with Gasteiger partial charge in [0.1, 0.15) is 5.75 Å². The molecule has 0 aliphatic carbocycles. The maximum absolute atomic E-state index is 12.2. The fraction of sp³-hybridized carbons (Fsp3) is 0.167. The first-order chi connectivity index (χ1) is 13.8. The molecule has 0 bridgehead atoms. The van der Waals surface area contributed by atoms with E-state index in [1.165, 1.54) is 36.0 Å². The average Bonchev–Trinajstić information content (AvgIpc) is 3.06. The number of nitrogens with two attached hydrogens (primary N) is 1. The van der Waals surface area contributed by atoms with E-state index in [2.05, 4.69) is 15.5 Å². The smallest absolute Gasteiger partial charge is 0.238 e. The summed E-state index contributed by atoms with van der Waals surface area (Å²) in [6, 6.07) is 13.1. The number of ether oxygens (including phenoxy) is 1. The molecule has 0 saturated carbocycles. The van der Waals surface area contributed by atoms with Crippen LogP contribution in [0.25, 0.3) is 11.4 Å². The van der Waals surface area contributed by atoms with Crippen LogP contribution in [0.15, 0.2) is 58.6 Å². The molecule has 1 aromatic heterocycles. The van der Waals surface area contributed by atoms with E-state index in [1.807, 2.05) is 31.3 Å². The molecule has 152 valence electrons. The van der Waals surface area contributed by atoms with Crippen LogP contribution < -0.4 is 15.2 Å². The van der Waals surface area contributed by atoms with Gasteiger partial charge in [-0.2, -0.15) is 0 Å². The summed E-state index contributed by atoms with van der Waals surface area (Å²) >= 11 is 1.24. The summed E-state index contributed by atoms with van der Waals surface area (Å²) in [7, 11) is -0.338. The van der Waals surface area contributed by atoms with Crippen LogP contribution in [0.2, 0.25) is 0 Å². The van der Waals surface area contributed by atoms with E-state index in [4.69, 9.17) is 9.88 Å². The number of rotatable bonds is 7. The lowest BCUT2D eigenvalue weighted by molar-refractivity contribution is -0.113. The number of methoxy groups -OCH3 is 1. The quantitative estimate of drug-likeness (QED) is 0.544. The molecular formula is C18H19N5O4S2. The standard InChI is InChI=1S/C18H19N5O4S2/c1-23-17(12-3-7-14(27-2)8-4-12)21-22-18(23)28-11-16(24)20-13-5-9-15(10-6-13)29(19,25)26/h3-10H,11H2,1-2H3,(H,20,24)(H2,19,25,26). The van der Waals surface area contributed by atoms with E-state index in [9.17, 15) is 13.2 Å². The highest BCUT2D eigenvalue weighted by Crippen LogP contribution is 2.24. The van der Waals surface area contributed by atoms with E-state index in [1.54, 1.807) is 11.7 Å². The van der Waals surface area contributed by atoms with Gasteiger partial charge in [-0.05, 0) is 48.5 Å². The molecule has 1 amide bonds. The van der Waals surface area contributed by atoms with Crippen LogP contribution in [0.5, 0.6) is 5.75 Å². The van der Waals surface area contributed by atoms with Gasteiger partial charge < -0.3 is 14.6 Å². The number of nitrogens with zero attached hydrogens (tertiary/aromatic N) is 3. The number of sulfonamides is 1. The second-order valence-electron chi connectivity index (χ2n) is 6.00. The molecule has 0 fully saturated rings. The van der Waals surface area contributed by atoms with Crippen LogP contribution in [-0.2, 0) is 21.9 Å². The summed E-state index contributed by atoms with van der Waals surface area (Å²) in [4.78, 5) is 12.2. The molecular weight excluding hydrogens is 414 g/mol. The van der Waals surface area contributed by atoms with Crippen LogP contribution in [0.4, 0.5) is 5.69 Å². The second-order valence-corrected chi connectivity index (χ2v) is 8.50. The Morgan fingerprint density at radius 2 is 1.79 bits per heavy atom. The number of primary sulfonamides is 1. The maximum atomic E-state index is 12.2. The van der Waals surface area contributed by atoms with Gasteiger partial charge in [0.05, 0.1) is 17.8 Å². The minimum Gasteiger partial charge on any atom is -0.497 e. The Morgan fingerprint density at radius 1 is 1.14 bits per heavy atom. The number of amides is 1. The molecule has 11 heteroatoms. The fourth-order valence-electron chi connectivity index (χ4n) is 2.49. The van der Waals surface area contributed by atoms with Crippen molar-refractivity contribution in [2.24, 2.45) is 12.2 Å². The SMILES string of the molecule is COc1ccc(-c2nnc(SCC(=O)Nc3ccc(S(N)(=O)=O)cc3)n2C)cc1. The highest BCUT2D eigenvalue weighted by molar-refractivity contribution is 7.99. The first kappa shape index (κ1) is 20.8. The van der Waals surface area contributed by atoms with E-state index < -0.39 is 10.0 Å². The van der Waals surface area contributed by atoms with Gasteiger partial charge in [-0.25, -0.2) is 13.6 Å². The van der Waals surface area contributed by atoms with E-state index in [0.29, 0.717) is 16.7 Å². The molecule has 0 unspecified atom stereocenters. The molecule has 9 nitrogen and oxygen atoms in total. The number of carbonyl (C=O) groups is 1. The minimum atomic E-state index is -3.77. The molecule has 1 heterocycles. The van der Waals surface area contributed by atoms with E-state index >= 15 is 0 Å². The molecule has 0 saturated heterocycles. The van der Waals surface area contributed by atoms with Crippen molar-refractivity contribution < 1.29 is 17.9 Å². The summed E-state index contributed by atoms with van der Waals surface area (Å²) in [5.74, 6) is 1.28. The lowest BCUT2D eigenvalue weighted by atomic mass is 10.2. The number of benzene rings is 2. The topological polar surface area (TPSA) is 129 Å². The van der Waals surface area contributed by atoms with Gasteiger partial charge >= 0.3 is 0 Å². The molecule has 3 N–H and O–H groups in total. The largest absolute Gasteiger partial charge is 0.497 e. The molecule has 0 aliphatic rings. The molecule has 29 heavy (non-hydrogen) atoms. The van der Waals surface area contributed by atoms with Gasteiger partial charge in [0.25, 0.3) is 0 Å². The first-order valence-corrected chi connectivity index (χ1v) is 10.9. The van der Waals surface area contributed by atoms with Crippen molar-refractivity contribution >= 4 is 33.4 Å². The summed E-state index contributed by atoms with van der Waals surface area (Å²) in [5.41, 5.74) is 1.35. The van der Waals surface area contributed by atoms with Crippen molar-refractivity contribution in [3.63, 3.8) is 0 Å². The lowest BCUT2D eigenvalue weighted by Gasteiger charge is -2.07. The molecule has 0 radical (unpaired) electrons. The Balaban J connectivity index is 1.61. The average molecular weight is 434 g/mol. The first-order valence-electron chi connectivity index (χ1n) is 8.37. The molecule has 0 spiro atoms. The Kier molecular flexibility index (Phi) is 6.20. The Hall–Kier alpha value is -2.89. The zero-order valence-electron chi connectivity index (χ0n) is 15.7. The molecule has 2 aromatic carbocycles. The van der Waals surface area contributed by atoms with Crippen molar-refractivity contribution in [1.82, 2.24) is 14.8 Å². The predicted molar refractivity (Wildman–Crippen MR) is 110 cm³/mol. The van der Waals surface area contributed by atoms with Crippen molar-refractivity contribution in [3.8, 4) is 17.1 Å². The van der Waals surface area contributed by atoms with Crippen molar-refractivity contribution in [3.05, 3.63) is 48.5 Å². The Labute approximate surface area is 172 Å². The van der Waals surface area contributed by atoms with Crippen molar-refractivity contribution in [1.29, 1.82) is 0 Å². The highest BCUT2D eigenvalue weighted by Gasteiger charge is 2.14. The van der Waals surface area contributed by atoms with Gasteiger partial charge in [0.2, 0.25) is 15.9 Å². The number of nitrogens with one attached hydrogen (secondary N) is 1. The van der Waals surface area contributed by atoms with Gasteiger partial charge in [0, 0.05) is 18.3 Å². The molecule has 3 aromatic rings. The number of hydrogen-bond acceptors (Lipinski definition) is 7. The number of thioether (sulfide) groups is 1. The van der Waals surface area contributed by atoms with Crippen molar-refractivity contribution in [2.75, 3.05) is 18.2 Å². The molecule has 0 aliphatic heterocycles. The number of hydrogen-bond donors (Lipinski definition) is 2. The second kappa shape index (κ2) is 8.64. The van der Waals surface area contributed by atoms with Gasteiger partial charge in [0.15, 0.2) is 11.0 Å². The third-order valence-electron chi connectivity index (χ3n) is 3.98. The van der Waals surface area contributed by atoms with Crippen LogP contribution in [-0.4, -0.2) is 42.0 Å². The highest BCUT2D eigenvalue weighted by atomic mass is 32.2. The Morgan fingerprint density at radius 3 is 2.38 bits per heavy atom. The zero-order chi connectivity index (χ0) is 21.0. The zero-order valence-corrected chi connectivity index (χ0v) is 17.3. The Bertz CT molecular complexity index is 1110. The normalized spacial score (nSPS) is 11.3. The van der Waals surface area contributed by atoms with Gasteiger partial charge in [-0.15, -0.1) is 10.2 Å². The fourth-order valence-corrected chi connectivity index (χ4v) is 3.71. The summed E-state index contributed by atoms with van der Waals surface area (Å²) in [6.45, 7) is 0. The summed E-state index contributed by atoms with van der Waals surface area (Å²) < 4.78 is 29.5. The van der Waals surface area contributed by atoms with Crippen LogP contribution >= 0.6 is 11.8 Å². The lowest BCUT2D eigenvalue weighted by Crippen LogP contribution is -2.15. The number of anilines is 1. The van der Waals surface area contributed by atoms with Crippen LogP contribution in [0.3, 0.4) is 0 Å². The van der Waals surface area contributed by atoms with Gasteiger partial charge in [-0.1, -0.05) is 11.8 Å². The van der Waals surface area contributed by atoms with Crippen molar-refractivity contribution in [2.45, 2.75) is 10.1 Å². The third kappa shape index (κ3) is 5.13. The third-order valence-corrected chi connectivity index (χ3v) is 5.93. The monoisotopic (exact) mass is 433 g/mol. The summed E-state index contributed by atoms with van der Waals surface area (Å²) in [5, 5.41) is 16.7. The van der Waals surface area contributed by atoms with Crippen LogP contribution in [0.1, 0.15) is 0 Å². The van der Waals surface area contributed by atoms with Gasteiger partial charge in [-0.3, -0.25) is 4.79 Å². The van der Waals surface area contributed by atoms with Crippen LogP contribution in [0, 0.1) is 0 Å². The maximum Gasteiger partial charge on any atom is 0.238 e. The van der Waals surface area contributed by atoms with E-state index in [-0.39, 0.29) is 16.6 Å². The predicted octanol–water partition coefficient (Wildman–Crippen LogP) is 1.87. The number of aromatic nitrogens is 3. The number of carbonyl (C=O) groups excluding carboxylic acids is 1. The van der Waals surface area contributed by atoms with E-state index in [0.717, 1.165) is 11.3 Å².